The third-order valence-electron chi connectivity index (χ3n) is 3.01. The first-order chi connectivity index (χ1) is 6.24. The quantitative estimate of drug-likeness (QED) is 0.654. The molecule has 3 heteroatoms. The molecule has 0 aromatic rings. The maximum absolute atomic E-state index is 5.76. The minimum absolute atomic E-state index is 0.751. The predicted molar refractivity (Wildman–Crippen MR) is 56.7 cm³/mol. The number of nitrogens with two attached hydrogens (primary N) is 1. The van der Waals surface area contributed by atoms with Gasteiger partial charge in [0, 0.05) is 0 Å². The first-order valence-corrected chi connectivity index (χ1v) is 5.29. The van der Waals surface area contributed by atoms with Crippen molar-refractivity contribution in [3.63, 3.8) is 0 Å². The van der Waals surface area contributed by atoms with Crippen LogP contribution >= 0.6 is 0 Å². The molecule has 0 amide bonds. The monoisotopic (exact) mass is 185 g/mol. The van der Waals surface area contributed by atoms with Gasteiger partial charge in [-0.2, -0.15) is 0 Å². The molecule has 1 heterocycles. The summed E-state index contributed by atoms with van der Waals surface area (Å²) >= 11 is 0. The molecule has 2 unspecified atom stereocenters. The lowest BCUT2D eigenvalue weighted by Crippen LogP contribution is -2.40. The Bertz CT molecular complexity index is 136. The van der Waals surface area contributed by atoms with Gasteiger partial charge in [-0.3, -0.25) is 0 Å². The zero-order chi connectivity index (χ0) is 9.68. The highest BCUT2D eigenvalue weighted by molar-refractivity contribution is 4.79. The summed E-state index contributed by atoms with van der Waals surface area (Å²) in [5, 5.41) is 3.45. The number of piperidine rings is 1. The van der Waals surface area contributed by atoms with E-state index >= 15 is 0 Å². The Morgan fingerprint density at radius 1 is 1.38 bits per heavy atom. The highest BCUT2D eigenvalue weighted by Gasteiger charge is 2.23. The molecule has 2 atom stereocenters. The fourth-order valence-corrected chi connectivity index (χ4v) is 2.05. The summed E-state index contributed by atoms with van der Waals surface area (Å²) in [6.07, 6.45) is 2.54. The third-order valence-corrected chi connectivity index (χ3v) is 3.01. The van der Waals surface area contributed by atoms with Crippen LogP contribution in [0.25, 0.3) is 0 Å². The molecule has 1 aliphatic rings. The van der Waals surface area contributed by atoms with E-state index in [1.165, 1.54) is 19.4 Å². The molecular weight excluding hydrogens is 162 g/mol. The van der Waals surface area contributed by atoms with Gasteiger partial charge in [-0.05, 0) is 65.0 Å². The van der Waals surface area contributed by atoms with Gasteiger partial charge in [0.1, 0.15) is 0 Å². The lowest BCUT2D eigenvalue weighted by atomic mass is 9.84. The molecule has 0 aromatic heterocycles. The van der Waals surface area contributed by atoms with Gasteiger partial charge in [0.05, 0.1) is 0 Å². The van der Waals surface area contributed by atoms with Gasteiger partial charge in [-0.15, -0.1) is 0 Å². The van der Waals surface area contributed by atoms with Gasteiger partial charge >= 0.3 is 0 Å². The summed E-state index contributed by atoms with van der Waals surface area (Å²) in [5.41, 5.74) is 5.76. The van der Waals surface area contributed by atoms with Gasteiger partial charge in [0.2, 0.25) is 0 Å². The molecule has 1 saturated heterocycles. The highest BCUT2D eigenvalue weighted by atomic mass is 15.0. The summed E-state index contributed by atoms with van der Waals surface area (Å²) < 4.78 is 0. The van der Waals surface area contributed by atoms with Crippen LogP contribution in [0.15, 0.2) is 0 Å². The van der Waals surface area contributed by atoms with E-state index in [1.54, 1.807) is 0 Å². The van der Waals surface area contributed by atoms with E-state index in [1.807, 2.05) is 0 Å². The Morgan fingerprint density at radius 2 is 2.15 bits per heavy atom. The predicted octanol–water partition coefficient (Wildman–Crippen LogP) is 0.123. The topological polar surface area (TPSA) is 41.3 Å². The minimum Gasteiger partial charge on any atom is -0.330 e. The minimum atomic E-state index is 0.751. The molecule has 0 aromatic carbocycles. The van der Waals surface area contributed by atoms with Crippen LogP contribution in [0.2, 0.25) is 0 Å². The molecule has 0 saturated carbocycles. The summed E-state index contributed by atoms with van der Waals surface area (Å²) in [6.45, 7) is 4.36. The van der Waals surface area contributed by atoms with Crippen molar-refractivity contribution in [3.8, 4) is 0 Å². The molecule has 0 aliphatic carbocycles. The maximum atomic E-state index is 5.76. The maximum Gasteiger partial charge on any atom is -0.00169 e. The summed E-state index contributed by atoms with van der Waals surface area (Å²) in [6, 6.07) is 0. The lowest BCUT2D eigenvalue weighted by Gasteiger charge is -2.32. The van der Waals surface area contributed by atoms with Crippen LogP contribution in [0.3, 0.4) is 0 Å². The molecule has 1 fully saturated rings. The Morgan fingerprint density at radius 3 is 2.77 bits per heavy atom. The third kappa shape index (κ3) is 3.63. The number of hydrogen-bond acceptors (Lipinski definition) is 3. The Hall–Kier alpha value is -0.120. The Kier molecular flexibility index (Phi) is 4.70. The van der Waals surface area contributed by atoms with Crippen LogP contribution in [0.5, 0.6) is 0 Å². The summed E-state index contributed by atoms with van der Waals surface area (Å²) in [7, 11) is 4.27. The summed E-state index contributed by atoms with van der Waals surface area (Å²) in [4.78, 5) is 2.25. The molecule has 0 spiro atoms. The first-order valence-electron chi connectivity index (χ1n) is 5.29. The zero-order valence-corrected chi connectivity index (χ0v) is 8.92. The Labute approximate surface area is 81.7 Å². The summed E-state index contributed by atoms with van der Waals surface area (Å²) in [5.74, 6) is 1.54. The van der Waals surface area contributed by atoms with Gasteiger partial charge < -0.3 is 16.0 Å². The molecular formula is C10H23N3. The van der Waals surface area contributed by atoms with Gasteiger partial charge in [0.25, 0.3) is 0 Å². The van der Waals surface area contributed by atoms with Crippen LogP contribution < -0.4 is 11.1 Å². The largest absolute Gasteiger partial charge is 0.330 e. The van der Waals surface area contributed by atoms with Crippen molar-refractivity contribution in [1.29, 1.82) is 0 Å². The first kappa shape index (κ1) is 11.0. The van der Waals surface area contributed by atoms with E-state index in [2.05, 4.69) is 24.3 Å². The van der Waals surface area contributed by atoms with Crippen molar-refractivity contribution in [2.75, 3.05) is 40.3 Å². The van der Waals surface area contributed by atoms with Crippen LogP contribution in [0, 0.1) is 11.8 Å². The normalized spacial score (nSPS) is 29.5. The van der Waals surface area contributed by atoms with Gasteiger partial charge in [0.15, 0.2) is 0 Å². The Balaban J connectivity index is 2.27. The number of nitrogens with one attached hydrogen (secondary N) is 1. The van der Waals surface area contributed by atoms with Crippen molar-refractivity contribution in [2.45, 2.75) is 12.8 Å². The highest BCUT2D eigenvalue weighted by Crippen LogP contribution is 2.21. The molecule has 13 heavy (non-hydrogen) atoms. The van der Waals surface area contributed by atoms with Crippen molar-refractivity contribution in [1.82, 2.24) is 10.2 Å². The average molecular weight is 185 g/mol. The number of hydrogen-bond donors (Lipinski definition) is 2. The molecule has 3 nitrogen and oxygen atoms in total. The fourth-order valence-electron chi connectivity index (χ4n) is 2.05. The molecule has 0 radical (unpaired) electrons. The van der Waals surface area contributed by atoms with E-state index in [0.29, 0.717) is 0 Å². The van der Waals surface area contributed by atoms with E-state index in [-0.39, 0.29) is 0 Å². The smallest absolute Gasteiger partial charge is 0.00169 e. The standard InChI is InChI=1S/C10H23N3/c1-13(2)6-4-10-8-12-5-3-9(10)7-11/h9-10,12H,3-8,11H2,1-2H3. The molecule has 1 aliphatic heterocycles. The molecule has 1 rings (SSSR count). The lowest BCUT2D eigenvalue weighted by molar-refractivity contribution is 0.225. The van der Waals surface area contributed by atoms with Gasteiger partial charge in [-0.25, -0.2) is 0 Å². The van der Waals surface area contributed by atoms with E-state index in [4.69, 9.17) is 5.73 Å². The fraction of sp³-hybridized carbons (Fsp3) is 1.00. The van der Waals surface area contributed by atoms with E-state index in [0.717, 1.165) is 31.5 Å². The van der Waals surface area contributed by atoms with Crippen LogP contribution in [0.4, 0.5) is 0 Å². The SMILES string of the molecule is CN(C)CCC1CNCCC1CN. The van der Waals surface area contributed by atoms with E-state index in [9.17, 15) is 0 Å². The van der Waals surface area contributed by atoms with Crippen LogP contribution in [-0.4, -0.2) is 45.2 Å². The molecule has 0 bridgehead atoms. The molecule has 78 valence electrons. The van der Waals surface area contributed by atoms with Crippen molar-refractivity contribution in [3.05, 3.63) is 0 Å². The van der Waals surface area contributed by atoms with E-state index < -0.39 is 0 Å². The second kappa shape index (κ2) is 5.58. The van der Waals surface area contributed by atoms with Crippen molar-refractivity contribution >= 4 is 0 Å². The zero-order valence-electron chi connectivity index (χ0n) is 8.92. The number of nitrogens with zero attached hydrogens (tertiary/aromatic N) is 1. The second-order valence-electron chi connectivity index (χ2n) is 4.34. The number of rotatable bonds is 4. The van der Waals surface area contributed by atoms with Crippen LogP contribution in [0.1, 0.15) is 12.8 Å². The van der Waals surface area contributed by atoms with Crippen LogP contribution in [-0.2, 0) is 0 Å². The second-order valence-corrected chi connectivity index (χ2v) is 4.34. The molecule has 3 N–H and O–H groups in total. The average Bonchev–Trinajstić information content (AvgIpc) is 2.15. The van der Waals surface area contributed by atoms with Crippen molar-refractivity contribution in [2.24, 2.45) is 17.6 Å². The van der Waals surface area contributed by atoms with Crippen molar-refractivity contribution < 1.29 is 0 Å². The van der Waals surface area contributed by atoms with Gasteiger partial charge in [-0.1, -0.05) is 0 Å².